The normalized spacial score (nSPS) is 14.3. The average Bonchev–Trinajstić information content (AvgIpc) is 3.25. The first kappa shape index (κ1) is 26.0. The van der Waals surface area contributed by atoms with Gasteiger partial charge in [0.2, 0.25) is 0 Å². The van der Waals surface area contributed by atoms with Crippen LogP contribution in [0.15, 0.2) is 77.6 Å². The Morgan fingerprint density at radius 2 is 1.48 bits per heavy atom. The van der Waals surface area contributed by atoms with E-state index in [1.165, 1.54) is 33.2 Å². The number of aromatic nitrogens is 1. The van der Waals surface area contributed by atoms with Crippen LogP contribution in [0.1, 0.15) is 34.6 Å². The van der Waals surface area contributed by atoms with E-state index in [-0.39, 0.29) is 56.1 Å². The van der Waals surface area contributed by atoms with Crippen LogP contribution in [0.2, 0.25) is 0 Å². The number of hydrogen-bond acceptors (Lipinski definition) is 0. The van der Waals surface area contributed by atoms with Gasteiger partial charge >= 0.3 is 25.8 Å². The van der Waals surface area contributed by atoms with Gasteiger partial charge in [0.15, 0.2) is 0 Å². The largest absolute Gasteiger partial charge is 4.00 e. The standard InChI is InChI=1S/C13H10N.C10H15.2ClH.Hf/c1-2-6-12-11(5-1)7-8-13(12)14-9-3-4-10-14;1-7-6-10(4,5)9(3)8(7)2;;;/h1-10H;1-5H3;2*1H;/q2*-1;;;+4/p-2. The van der Waals surface area contributed by atoms with Gasteiger partial charge in [0, 0.05) is 0 Å². The van der Waals surface area contributed by atoms with Gasteiger partial charge in [-0.25, -0.2) is 5.57 Å². The fraction of sp³-hybridized carbons (Fsp3) is 0.261. The minimum Gasteiger partial charge on any atom is -1.00 e. The number of allylic oxidation sites excluding steroid dienone is 4. The van der Waals surface area contributed by atoms with Crippen molar-refractivity contribution in [3.8, 4) is 5.69 Å². The Hall–Kier alpha value is -0.960. The quantitative estimate of drug-likeness (QED) is 0.299. The number of benzene rings is 1. The molecule has 1 aliphatic rings. The number of rotatable bonds is 1. The van der Waals surface area contributed by atoms with Crippen molar-refractivity contribution in [2.45, 2.75) is 34.6 Å². The van der Waals surface area contributed by atoms with Gasteiger partial charge in [-0.1, -0.05) is 80.3 Å². The van der Waals surface area contributed by atoms with Gasteiger partial charge in [0.1, 0.15) is 0 Å². The van der Waals surface area contributed by atoms with Crippen molar-refractivity contribution >= 4 is 10.8 Å². The molecule has 0 unspecified atom stereocenters. The summed E-state index contributed by atoms with van der Waals surface area (Å²) in [5, 5.41) is 2.61. The molecule has 1 heterocycles. The van der Waals surface area contributed by atoms with E-state index in [4.69, 9.17) is 0 Å². The average molecular weight is 565 g/mol. The van der Waals surface area contributed by atoms with Crippen LogP contribution in [0.5, 0.6) is 0 Å². The first-order valence-corrected chi connectivity index (χ1v) is 8.48. The molecule has 3 aromatic rings. The summed E-state index contributed by atoms with van der Waals surface area (Å²) in [6.07, 6.45) is 7.58. The molecule has 0 aliphatic heterocycles. The smallest absolute Gasteiger partial charge is 1.00 e. The zero-order chi connectivity index (χ0) is 17.3. The van der Waals surface area contributed by atoms with Gasteiger partial charge in [-0.15, -0.1) is 19.1 Å². The second-order valence-electron chi connectivity index (χ2n) is 7.02. The van der Waals surface area contributed by atoms with E-state index < -0.39 is 0 Å². The molecule has 27 heavy (non-hydrogen) atoms. The van der Waals surface area contributed by atoms with Crippen LogP contribution in [0.25, 0.3) is 16.5 Å². The first-order valence-electron chi connectivity index (χ1n) is 8.48. The van der Waals surface area contributed by atoms with E-state index in [1.54, 1.807) is 0 Å². The van der Waals surface area contributed by atoms with Crippen molar-refractivity contribution in [1.29, 1.82) is 0 Å². The predicted octanol–water partition coefficient (Wildman–Crippen LogP) is 0.467. The van der Waals surface area contributed by atoms with Gasteiger partial charge in [-0.2, -0.15) is 11.1 Å². The van der Waals surface area contributed by atoms with E-state index in [9.17, 15) is 0 Å². The Balaban J connectivity index is 0.000000473. The monoisotopic (exact) mass is 565 g/mol. The van der Waals surface area contributed by atoms with Crippen molar-refractivity contribution in [2.75, 3.05) is 0 Å². The van der Waals surface area contributed by atoms with Crippen molar-refractivity contribution < 1.29 is 50.7 Å². The van der Waals surface area contributed by atoms with Crippen molar-refractivity contribution in [1.82, 2.24) is 4.57 Å². The second-order valence-corrected chi connectivity index (χ2v) is 7.02. The summed E-state index contributed by atoms with van der Waals surface area (Å²) < 4.78 is 2.14. The van der Waals surface area contributed by atoms with Crippen LogP contribution in [-0.4, -0.2) is 4.57 Å². The molecule has 0 fully saturated rings. The zero-order valence-corrected chi connectivity index (χ0v) is 21.6. The zero-order valence-electron chi connectivity index (χ0n) is 16.5. The molecular formula is C23H25Cl2HfN. The summed E-state index contributed by atoms with van der Waals surface area (Å²) in [7, 11) is 0. The first-order chi connectivity index (χ1) is 11.4. The maximum Gasteiger partial charge on any atom is 4.00 e. The van der Waals surface area contributed by atoms with Crippen molar-refractivity contribution in [3.05, 3.63) is 83.7 Å². The van der Waals surface area contributed by atoms with E-state index >= 15 is 0 Å². The van der Waals surface area contributed by atoms with Gasteiger partial charge < -0.3 is 29.4 Å². The number of hydrogen-bond donors (Lipinski definition) is 0. The summed E-state index contributed by atoms with van der Waals surface area (Å²) in [5.41, 5.74) is 5.65. The molecule has 1 nitrogen and oxygen atoms in total. The molecule has 2 aromatic carbocycles. The summed E-state index contributed by atoms with van der Waals surface area (Å²) in [6, 6.07) is 16.9. The van der Waals surface area contributed by atoms with E-state index in [1.807, 2.05) is 12.1 Å². The van der Waals surface area contributed by atoms with Gasteiger partial charge in [0.25, 0.3) is 0 Å². The van der Waals surface area contributed by atoms with Crippen LogP contribution < -0.4 is 24.8 Å². The summed E-state index contributed by atoms with van der Waals surface area (Å²) in [4.78, 5) is 0. The third-order valence-electron chi connectivity index (χ3n) is 5.10. The molecule has 4 rings (SSSR count). The molecule has 0 saturated heterocycles. The Labute approximate surface area is 194 Å². The van der Waals surface area contributed by atoms with Crippen LogP contribution in [0.3, 0.4) is 0 Å². The molecule has 0 N–H and O–H groups in total. The molecule has 0 bridgehead atoms. The Bertz CT molecular complexity index is 915. The Morgan fingerprint density at radius 1 is 0.889 bits per heavy atom. The molecule has 0 radical (unpaired) electrons. The topological polar surface area (TPSA) is 4.93 Å². The van der Waals surface area contributed by atoms with Gasteiger partial charge in [-0.3, -0.25) is 6.08 Å². The van der Waals surface area contributed by atoms with E-state index in [0.29, 0.717) is 0 Å². The maximum atomic E-state index is 3.44. The van der Waals surface area contributed by atoms with Crippen LogP contribution in [0.4, 0.5) is 0 Å². The van der Waals surface area contributed by atoms with E-state index in [0.717, 1.165) is 0 Å². The van der Waals surface area contributed by atoms with Crippen molar-refractivity contribution in [3.63, 3.8) is 0 Å². The van der Waals surface area contributed by atoms with E-state index in [2.05, 4.69) is 94.1 Å². The third-order valence-corrected chi connectivity index (χ3v) is 5.10. The fourth-order valence-electron chi connectivity index (χ4n) is 3.26. The molecule has 0 amide bonds. The van der Waals surface area contributed by atoms with Crippen molar-refractivity contribution in [2.24, 2.45) is 5.41 Å². The maximum absolute atomic E-state index is 3.44. The predicted molar refractivity (Wildman–Crippen MR) is 103 cm³/mol. The minimum atomic E-state index is 0. The Kier molecular flexibility index (Phi) is 10.2. The van der Waals surface area contributed by atoms with Crippen LogP contribution in [-0.2, 0) is 25.8 Å². The minimum absolute atomic E-state index is 0. The summed E-state index contributed by atoms with van der Waals surface area (Å²) in [5.74, 6) is 0. The number of halogens is 2. The van der Waals surface area contributed by atoms with Gasteiger partial charge in [0.05, 0.1) is 0 Å². The number of fused-ring (bicyclic) bond motifs is 1. The molecular weight excluding hydrogens is 540 g/mol. The fourth-order valence-corrected chi connectivity index (χ4v) is 3.26. The third kappa shape index (κ3) is 5.53. The molecule has 4 heteroatoms. The SMILES string of the molecule is CC1=[C-]C(C)(C)C(C)=C1C.[Cl-].[Cl-].[Hf+4].c1ccc2c(c1)cc[c-]2-n1cccc1. The molecule has 140 valence electrons. The molecule has 1 aliphatic carbocycles. The van der Waals surface area contributed by atoms with Crippen LogP contribution >= 0.6 is 0 Å². The summed E-state index contributed by atoms with van der Waals surface area (Å²) >= 11 is 0. The molecule has 0 spiro atoms. The van der Waals surface area contributed by atoms with Gasteiger partial charge in [-0.05, 0) is 18.1 Å². The molecule has 1 aromatic heterocycles. The Morgan fingerprint density at radius 3 is 1.96 bits per heavy atom. The van der Waals surface area contributed by atoms with Crippen LogP contribution in [0, 0.1) is 11.5 Å². The second kappa shape index (κ2) is 10.5. The molecule has 0 saturated carbocycles. The summed E-state index contributed by atoms with van der Waals surface area (Å²) in [6.45, 7) is 10.9. The molecule has 0 atom stereocenters. The number of nitrogens with zero attached hydrogens (tertiary/aromatic N) is 1.